The van der Waals surface area contributed by atoms with Crippen LogP contribution in [0.2, 0.25) is 0 Å². The molecule has 1 rings (SSSR count). The molecule has 1 fully saturated rings. The van der Waals surface area contributed by atoms with E-state index in [1.807, 2.05) is 0 Å². The molecule has 0 heterocycles. The van der Waals surface area contributed by atoms with Crippen molar-refractivity contribution in [1.29, 1.82) is 0 Å². The molecule has 0 bridgehead atoms. The van der Waals surface area contributed by atoms with Crippen molar-refractivity contribution in [2.75, 3.05) is 32.9 Å². The summed E-state index contributed by atoms with van der Waals surface area (Å²) in [5, 5.41) is 3.35. The van der Waals surface area contributed by atoms with Crippen molar-refractivity contribution in [2.24, 2.45) is 11.7 Å². The first-order chi connectivity index (χ1) is 7.97. The van der Waals surface area contributed by atoms with E-state index in [2.05, 4.69) is 5.32 Å². The van der Waals surface area contributed by atoms with E-state index in [-0.39, 0.29) is 5.75 Å². The molecule has 2 atom stereocenters. The van der Waals surface area contributed by atoms with Crippen LogP contribution in [-0.2, 0) is 10.0 Å². The number of hydrogen-bond acceptors (Lipinski definition) is 4. The molecule has 0 aromatic carbocycles. The van der Waals surface area contributed by atoms with Crippen LogP contribution in [0.3, 0.4) is 0 Å². The molecule has 17 heavy (non-hydrogen) atoms. The van der Waals surface area contributed by atoms with Gasteiger partial charge < -0.3 is 11.1 Å². The van der Waals surface area contributed by atoms with Gasteiger partial charge in [0.2, 0.25) is 10.0 Å². The lowest BCUT2D eigenvalue weighted by molar-refractivity contribution is 0.272. The molecule has 1 saturated carbocycles. The lowest BCUT2D eigenvalue weighted by Crippen LogP contribution is -2.44. The second-order valence-corrected chi connectivity index (χ2v) is 7.24. The SMILES string of the molecule is CN(C)S(=O)(=O)CCNC1CCCCC1CN. The average molecular weight is 263 g/mol. The number of hydrogen-bond donors (Lipinski definition) is 2. The second kappa shape index (κ2) is 6.68. The van der Waals surface area contributed by atoms with Crippen LogP contribution in [0.15, 0.2) is 0 Å². The number of nitrogens with one attached hydrogen (secondary N) is 1. The Hall–Kier alpha value is -0.170. The van der Waals surface area contributed by atoms with E-state index < -0.39 is 10.0 Å². The van der Waals surface area contributed by atoms with Crippen LogP contribution in [0.4, 0.5) is 0 Å². The molecule has 1 aliphatic rings. The molecule has 3 N–H and O–H groups in total. The predicted molar refractivity (Wildman–Crippen MR) is 70.3 cm³/mol. The normalized spacial score (nSPS) is 26.4. The zero-order chi connectivity index (χ0) is 12.9. The van der Waals surface area contributed by atoms with Crippen molar-refractivity contribution in [3.8, 4) is 0 Å². The quantitative estimate of drug-likeness (QED) is 0.706. The predicted octanol–water partition coefficient (Wildman–Crippen LogP) is -0.0151. The molecule has 0 saturated heterocycles. The van der Waals surface area contributed by atoms with Gasteiger partial charge in [-0.2, -0.15) is 0 Å². The van der Waals surface area contributed by atoms with Crippen molar-refractivity contribution in [3.05, 3.63) is 0 Å². The number of sulfonamides is 1. The molecular weight excluding hydrogens is 238 g/mol. The molecule has 0 amide bonds. The summed E-state index contributed by atoms with van der Waals surface area (Å²) in [7, 11) is 0.0525. The van der Waals surface area contributed by atoms with Gasteiger partial charge in [-0.15, -0.1) is 0 Å². The fourth-order valence-corrected chi connectivity index (χ4v) is 3.06. The van der Waals surface area contributed by atoms with Gasteiger partial charge in [0.15, 0.2) is 0 Å². The largest absolute Gasteiger partial charge is 0.330 e. The molecule has 6 heteroatoms. The van der Waals surface area contributed by atoms with Crippen molar-refractivity contribution in [3.63, 3.8) is 0 Å². The molecule has 1 aliphatic carbocycles. The molecule has 0 aromatic heterocycles. The van der Waals surface area contributed by atoms with Crippen LogP contribution in [0.1, 0.15) is 25.7 Å². The summed E-state index contributed by atoms with van der Waals surface area (Å²) in [6.07, 6.45) is 4.74. The molecular formula is C11H25N3O2S. The third kappa shape index (κ3) is 4.54. The highest BCUT2D eigenvalue weighted by molar-refractivity contribution is 7.89. The molecule has 102 valence electrons. The molecule has 0 radical (unpaired) electrons. The Labute approximate surface area is 105 Å². The van der Waals surface area contributed by atoms with E-state index in [1.54, 1.807) is 14.1 Å². The standard InChI is InChI=1S/C11H25N3O2S/c1-14(2)17(15,16)8-7-13-11-6-4-3-5-10(11)9-12/h10-11,13H,3-9,12H2,1-2H3. The minimum Gasteiger partial charge on any atom is -0.330 e. The molecule has 0 aromatic rings. The minimum absolute atomic E-state index is 0.161. The van der Waals surface area contributed by atoms with E-state index in [0.717, 1.165) is 12.8 Å². The summed E-state index contributed by atoms with van der Waals surface area (Å²) in [6, 6.07) is 0.395. The van der Waals surface area contributed by atoms with Gasteiger partial charge in [0.25, 0.3) is 0 Å². The van der Waals surface area contributed by atoms with Gasteiger partial charge in [-0.1, -0.05) is 12.8 Å². The van der Waals surface area contributed by atoms with Gasteiger partial charge in [0.1, 0.15) is 0 Å². The topological polar surface area (TPSA) is 75.4 Å². The Morgan fingerprint density at radius 2 is 1.94 bits per heavy atom. The average Bonchev–Trinajstić information content (AvgIpc) is 2.29. The Bertz CT molecular complexity index is 317. The van der Waals surface area contributed by atoms with Gasteiger partial charge in [-0.25, -0.2) is 12.7 Å². The van der Waals surface area contributed by atoms with Gasteiger partial charge in [0, 0.05) is 26.7 Å². The third-order valence-electron chi connectivity index (χ3n) is 3.53. The summed E-state index contributed by atoms with van der Waals surface area (Å²) in [5.74, 6) is 0.666. The minimum atomic E-state index is -3.08. The van der Waals surface area contributed by atoms with Crippen molar-refractivity contribution in [1.82, 2.24) is 9.62 Å². The highest BCUT2D eigenvalue weighted by Gasteiger charge is 2.24. The Balaban J connectivity index is 2.35. The third-order valence-corrected chi connectivity index (χ3v) is 5.37. The summed E-state index contributed by atoms with van der Waals surface area (Å²) < 4.78 is 24.4. The zero-order valence-corrected chi connectivity index (χ0v) is 11.7. The molecule has 5 nitrogen and oxygen atoms in total. The molecule has 2 unspecified atom stereocenters. The Morgan fingerprint density at radius 1 is 1.29 bits per heavy atom. The first kappa shape index (κ1) is 14.9. The summed E-state index contributed by atoms with van der Waals surface area (Å²) in [4.78, 5) is 0. The summed E-state index contributed by atoms with van der Waals surface area (Å²) >= 11 is 0. The van der Waals surface area contributed by atoms with Crippen LogP contribution in [0.25, 0.3) is 0 Å². The Morgan fingerprint density at radius 3 is 2.53 bits per heavy atom. The van der Waals surface area contributed by atoms with E-state index in [4.69, 9.17) is 5.73 Å². The van der Waals surface area contributed by atoms with Crippen molar-refractivity contribution in [2.45, 2.75) is 31.7 Å². The van der Waals surface area contributed by atoms with Crippen LogP contribution in [0, 0.1) is 5.92 Å². The van der Waals surface area contributed by atoms with Crippen LogP contribution in [0.5, 0.6) is 0 Å². The van der Waals surface area contributed by atoms with E-state index >= 15 is 0 Å². The first-order valence-electron chi connectivity index (χ1n) is 6.31. The van der Waals surface area contributed by atoms with Crippen LogP contribution in [-0.4, -0.2) is 51.7 Å². The maximum atomic E-state index is 11.6. The van der Waals surface area contributed by atoms with Gasteiger partial charge in [-0.3, -0.25) is 0 Å². The van der Waals surface area contributed by atoms with Gasteiger partial charge in [0.05, 0.1) is 5.75 Å². The first-order valence-corrected chi connectivity index (χ1v) is 7.92. The van der Waals surface area contributed by atoms with Crippen molar-refractivity contribution < 1.29 is 8.42 Å². The van der Waals surface area contributed by atoms with Gasteiger partial charge >= 0.3 is 0 Å². The number of rotatable bonds is 6. The van der Waals surface area contributed by atoms with Crippen molar-refractivity contribution >= 4 is 10.0 Å². The smallest absolute Gasteiger partial charge is 0.214 e. The lowest BCUT2D eigenvalue weighted by Gasteiger charge is -2.31. The molecule has 0 spiro atoms. The van der Waals surface area contributed by atoms with E-state index in [9.17, 15) is 8.42 Å². The second-order valence-electron chi connectivity index (χ2n) is 4.94. The highest BCUT2D eigenvalue weighted by Crippen LogP contribution is 2.23. The number of nitrogens with two attached hydrogens (primary N) is 1. The number of nitrogens with zero attached hydrogens (tertiary/aromatic N) is 1. The maximum absolute atomic E-state index is 11.6. The van der Waals surface area contributed by atoms with E-state index in [1.165, 1.54) is 17.1 Å². The maximum Gasteiger partial charge on any atom is 0.214 e. The fourth-order valence-electron chi connectivity index (χ4n) is 2.31. The van der Waals surface area contributed by atoms with Crippen LogP contribution >= 0.6 is 0 Å². The highest BCUT2D eigenvalue weighted by atomic mass is 32.2. The Kier molecular flexibility index (Phi) is 5.85. The summed E-state index contributed by atoms with van der Waals surface area (Å²) in [5.41, 5.74) is 5.73. The van der Waals surface area contributed by atoms with Crippen LogP contribution < -0.4 is 11.1 Å². The zero-order valence-electron chi connectivity index (χ0n) is 10.9. The fraction of sp³-hybridized carbons (Fsp3) is 1.00. The molecule has 0 aliphatic heterocycles. The summed E-state index contributed by atoms with van der Waals surface area (Å²) in [6.45, 7) is 1.21. The monoisotopic (exact) mass is 263 g/mol. The van der Waals surface area contributed by atoms with Gasteiger partial charge in [-0.05, 0) is 25.3 Å². The van der Waals surface area contributed by atoms with E-state index in [0.29, 0.717) is 25.0 Å². The lowest BCUT2D eigenvalue weighted by atomic mass is 9.84.